The number of aromatic nitrogens is 20. The molecule has 48 heteroatoms. The van der Waals surface area contributed by atoms with Gasteiger partial charge in [-0.05, 0) is 148 Å². The van der Waals surface area contributed by atoms with Crippen LogP contribution in [0.15, 0.2) is 93.4 Å². The number of nitrogens with zero attached hydrogens (tertiary/aromatic N) is 20. The lowest BCUT2D eigenvalue weighted by molar-refractivity contribution is -0.0629. The van der Waals surface area contributed by atoms with Crippen LogP contribution in [-0.4, -0.2) is 334 Å². The fourth-order valence-corrected chi connectivity index (χ4v) is 16.6. The Balaban J connectivity index is 0.000000164. The van der Waals surface area contributed by atoms with Gasteiger partial charge in [0.2, 0.25) is 0 Å². The minimum Gasteiger partial charge on any atom is -0.394 e. The van der Waals surface area contributed by atoms with Gasteiger partial charge < -0.3 is 101 Å². The van der Waals surface area contributed by atoms with E-state index in [1.54, 1.807) is 77.1 Å². The molecule has 24 atom stereocenters. The molecule has 8 fully saturated rings. The lowest BCUT2D eigenvalue weighted by Crippen LogP contribution is -2.33. The molecule has 16 N–H and O–H groups in total. The lowest BCUT2D eigenvalue weighted by Gasteiger charge is -2.17. The summed E-state index contributed by atoms with van der Waals surface area (Å²) in [5.41, 5.74) is -8.45. The fraction of sp³-hybridized carbons (Fsp3) is 0.583. The van der Waals surface area contributed by atoms with E-state index in [0.29, 0.717) is 96.2 Å². The van der Waals surface area contributed by atoms with Crippen molar-refractivity contribution in [2.24, 2.45) is 0 Å². The maximum absolute atomic E-state index is 14.3. The molecule has 0 unspecified atom stereocenters. The number of halogens is 4. The average Bonchev–Trinajstić information content (AvgIpc) is 1.49. The number of hydrogen-bond acceptors (Lipinski definition) is 40. The minimum atomic E-state index is -4.33. The van der Waals surface area contributed by atoms with Crippen LogP contribution in [0.3, 0.4) is 0 Å². The molecule has 8 heterocycles. The number of ether oxygens (including phenoxy) is 4. The van der Waals surface area contributed by atoms with E-state index >= 15 is 0 Å². The number of thioether (sulfide) groups is 4. The van der Waals surface area contributed by atoms with Crippen molar-refractivity contribution in [1.82, 2.24) is 99.8 Å². The van der Waals surface area contributed by atoms with Crippen LogP contribution in [-0.2, 0) is 18.9 Å². The second-order valence-corrected chi connectivity index (χ2v) is 35.3. The van der Waals surface area contributed by atoms with E-state index in [1.165, 1.54) is 51.1 Å². The average molecular weight is 2120 g/mol. The summed E-state index contributed by atoms with van der Waals surface area (Å²) in [6.45, 7) is -6.70. The van der Waals surface area contributed by atoms with Gasteiger partial charge in [0.05, 0.1) is 139 Å². The maximum atomic E-state index is 14.3. The van der Waals surface area contributed by atoms with Gasteiger partial charge in [-0.1, -0.05) is 144 Å². The Morgan fingerprint density at radius 2 is 0.611 bits per heavy atom. The zero-order valence-electron chi connectivity index (χ0n) is 121. The van der Waals surface area contributed by atoms with Gasteiger partial charge in [0.1, 0.15) is 71.9 Å². The Labute approximate surface area is 905 Å². The van der Waals surface area contributed by atoms with E-state index in [4.69, 9.17) is 74.5 Å². The van der Waals surface area contributed by atoms with E-state index in [0.717, 1.165) is 0 Å². The molecule has 8 aromatic heterocycles. The smallest absolute Gasteiger partial charge is 0.191 e. The summed E-state index contributed by atoms with van der Waals surface area (Å²) in [6.07, 6.45) is -63.2. The summed E-state index contributed by atoms with van der Waals surface area (Å²) in [5.74, 6) is -5.19. The topological polar surface area (TPSA) is 554 Å². The van der Waals surface area contributed by atoms with E-state index < -0.39 is 302 Å². The van der Waals surface area contributed by atoms with Crippen molar-refractivity contribution in [1.29, 1.82) is 0 Å². The van der Waals surface area contributed by atoms with Crippen molar-refractivity contribution in [2.75, 3.05) is 96.8 Å². The summed E-state index contributed by atoms with van der Waals surface area (Å²) in [7, 11) is 0. The van der Waals surface area contributed by atoms with E-state index in [2.05, 4.69) is 107 Å². The second-order valence-electron chi connectivity index (χ2n) is 31.9. The Hall–Kier alpha value is -9.52. The van der Waals surface area contributed by atoms with E-state index in [-0.39, 0.29) is 121 Å². The summed E-state index contributed by atoms with van der Waals surface area (Å²) in [4.78, 5) is 33.7. The number of benzene rings is 4. The molecule has 8 aliphatic carbocycles. The predicted molar refractivity (Wildman–Crippen MR) is 530 cm³/mol. The molecule has 144 heavy (non-hydrogen) atoms. The highest BCUT2D eigenvalue weighted by Gasteiger charge is 2.51. The van der Waals surface area contributed by atoms with Crippen molar-refractivity contribution in [3.8, 4) is 0 Å². The third kappa shape index (κ3) is 23.8. The molecule has 12 aromatic rings. The minimum absolute atomic E-state index is 0.00435. The van der Waals surface area contributed by atoms with Crippen molar-refractivity contribution in [3.05, 3.63) is 141 Å². The molecule has 4 aromatic carbocycles. The second kappa shape index (κ2) is 47.3. The molecule has 0 amide bonds. The first-order chi connectivity index (χ1) is 85.3. The quantitative estimate of drug-likeness (QED) is 0.00969. The van der Waals surface area contributed by atoms with E-state index in [1.807, 2.05) is 0 Å². The third-order valence-corrected chi connectivity index (χ3v) is 25.3. The molecule has 776 valence electrons. The number of aryl methyl sites for hydroxylation is 4. The highest BCUT2D eigenvalue weighted by atomic mass is 32.2. The van der Waals surface area contributed by atoms with Gasteiger partial charge in [-0.2, -0.15) is 0 Å². The van der Waals surface area contributed by atoms with Crippen LogP contribution in [0.4, 0.5) is 40.8 Å². The first-order valence-corrected chi connectivity index (χ1v) is 47.2. The number of aliphatic hydroxyl groups excluding tert-OH is 2. The first-order valence-electron chi connectivity index (χ1n) is 65.9. The van der Waals surface area contributed by atoms with Crippen molar-refractivity contribution in [2.45, 2.75) is 298 Å². The number of fused-ring (bicyclic) bond motifs is 4. The standard InChI is InChI=1S/4C24H31FN6O4S/c4*1-3-8-36-24-27-22(26-16-10-14(16)13-5-4-12(2)15(25)9-13)19-23(28-24)31(30-29-19)17-11-18(35-7-6-32)21(34)20(17)33/h4*4-5,9,14,16-18,20-21,32-34H,3,6-8,10-11H2,1-2H3,(H,26,27,28)/t4*14-,16+,17+,18-,20-,21+/m0000/s1/i6D2,7D2,8D2,11D2,16D,17D,18D,20D,21D;7D2,8D2,11D2,16D,17D,18D,20D,21D;6D2,8D2,11D2,16D,17D,18D,20D,21D;8D2,11D2,16D,17D,18D,20D,21D. The SMILES string of the molecule is [2H]C([2H])(CC)Sc1nc(N[C@]2([2H])C[C@H]2c2ccc(C)c(F)c2)c2nnn([C@]3([2H])C([2H])([2H])[C@]([2H])(OC([2H])([2H])C([2H])([2H])O)[C@@]([2H])(O)[C@@]3([2H])O)c2n1.[2H]C([2H])(CC)Sc1nc(N[C@]2([2H])C[C@H]2c2ccc(C)c(F)c2)c2nnn([C@]3([2H])C([2H])([2H])[C@]([2H])(OCCO)[C@@]([2H])(O)[C@@]3([2H])O)c2n1.[2H]C([2H])(CO)O[C@@]1([2H])C([2H])([2H])[C@@]([2H])(n2nnc3c(N[C@]4([2H])C[C@H]4c4ccc(C)c(F)c4)nc(SC([2H])([2H])CC)nc32)[C@]([2H])(O)[C@]1([2H])O.[2H]C([2H])(O)CO[C@@]1([2H])C([2H])([2H])[C@@]([2H])(n2nnc3c(N[C@]4([2H])C[C@H]4c4ccc(C)c(F)c4)nc(SC([2H])([2H])CC)nc32)[C@]([2H])(O)[C@]1([2H])O. The van der Waals surface area contributed by atoms with Crippen molar-refractivity contribution in [3.63, 3.8) is 0 Å². The monoisotopic (exact) mass is 2120 g/mol. The highest BCUT2D eigenvalue weighted by molar-refractivity contribution is 7.99. The molecule has 40 nitrogen and oxygen atoms in total. The summed E-state index contributed by atoms with van der Waals surface area (Å²) in [5, 5.41) is 167. The van der Waals surface area contributed by atoms with Crippen molar-refractivity contribution < 1.29 is 158 Å². The highest BCUT2D eigenvalue weighted by Crippen LogP contribution is 2.50. The Morgan fingerprint density at radius 1 is 0.354 bits per heavy atom. The zero-order valence-corrected chi connectivity index (χ0v) is 80.1. The van der Waals surface area contributed by atoms with Gasteiger partial charge in [-0.25, -0.2) is 76.2 Å². The molecule has 8 saturated carbocycles. The zero-order chi connectivity index (χ0) is 142. The number of rotatable bonds is 40. The number of nitrogens with one attached hydrogen (secondary N) is 4. The largest absolute Gasteiger partial charge is 0.394 e. The van der Waals surface area contributed by atoms with Crippen LogP contribution in [0.5, 0.6) is 0 Å². The molecule has 20 rings (SSSR count). The lowest BCUT2D eigenvalue weighted by atomic mass is 10.1. The molecule has 0 radical (unpaired) electrons. The van der Waals surface area contributed by atoms with Gasteiger partial charge in [0, 0.05) is 118 Å². The van der Waals surface area contributed by atoms with Crippen LogP contribution in [0, 0.1) is 51.0 Å². The van der Waals surface area contributed by atoms with Gasteiger partial charge >= 0.3 is 0 Å². The van der Waals surface area contributed by atoms with E-state index in [9.17, 15) is 78.8 Å². The number of anilines is 4. The van der Waals surface area contributed by atoms with Gasteiger partial charge in [0.25, 0.3) is 0 Å². The molecule has 0 spiro atoms. The number of aliphatic hydroxyl groups is 12. The van der Waals surface area contributed by atoms with Crippen LogP contribution < -0.4 is 21.3 Å². The van der Waals surface area contributed by atoms with Crippen LogP contribution in [0.1, 0.15) is 257 Å². The van der Waals surface area contributed by atoms with Crippen molar-refractivity contribution >= 4 is 115 Å². The summed E-state index contributed by atoms with van der Waals surface area (Å²) in [6, 6.07) is -3.00. The molecule has 8 aliphatic rings. The Morgan fingerprint density at radius 3 is 0.847 bits per heavy atom. The summed E-state index contributed by atoms with van der Waals surface area (Å²) < 4.78 is 446. The van der Waals surface area contributed by atoms with Gasteiger partial charge in [-0.3, -0.25) is 0 Å². The Bertz CT molecular complexity index is 8920. The molecular formula is C96H124F4N24O16S4. The van der Waals surface area contributed by atoms with Crippen LogP contribution in [0.2, 0.25) is 0 Å². The van der Waals surface area contributed by atoms with Gasteiger partial charge in [-0.15, -0.1) is 20.4 Å². The number of hydrogen-bond donors (Lipinski definition) is 16. The van der Waals surface area contributed by atoms with Crippen LogP contribution in [0.25, 0.3) is 44.7 Å². The van der Waals surface area contributed by atoms with Crippen LogP contribution >= 0.6 is 47.0 Å². The fourth-order valence-electron chi connectivity index (χ4n) is 14.4. The third-order valence-electron chi connectivity index (χ3n) is 22.1. The predicted octanol–water partition coefficient (Wildman–Crippen LogP) is 8.73. The molecule has 0 saturated heterocycles. The maximum Gasteiger partial charge on any atom is 0.191 e. The molecule has 0 bridgehead atoms. The Kier molecular flexibility index (Phi) is 20.8. The normalized spacial score (nSPS) is 44.5. The first kappa shape index (κ1) is 63.3. The molecular weight excluding hydrogens is 1950 g/mol. The summed E-state index contributed by atoms with van der Waals surface area (Å²) >= 11 is 1.97. The molecule has 0 aliphatic heterocycles. The van der Waals surface area contributed by atoms with Gasteiger partial charge in [0.15, 0.2) is 88.6 Å².